The molecule has 1 fully saturated rings. The van der Waals surface area contributed by atoms with Crippen LogP contribution < -0.4 is 4.74 Å². The van der Waals surface area contributed by atoms with Gasteiger partial charge in [0.05, 0.1) is 24.1 Å². The summed E-state index contributed by atoms with van der Waals surface area (Å²) < 4.78 is 5.64. The van der Waals surface area contributed by atoms with Crippen molar-refractivity contribution in [1.82, 2.24) is 30.0 Å². The molecule has 7 heteroatoms. The van der Waals surface area contributed by atoms with Gasteiger partial charge < -0.3 is 14.6 Å². The van der Waals surface area contributed by atoms with Gasteiger partial charge in [0.1, 0.15) is 0 Å². The van der Waals surface area contributed by atoms with Crippen molar-refractivity contribution >= 4 is 10.9 Å². The fourth-order valence-corrected chi connectivity index (χ4v) is 4.82. The quantitative estimate of drug-likeness (QED) is 0.458. The maximum absolute atomic E-state index is 5.64. The van der Waals surface area contributed by atoms with E-state index in [4.69, 9.17) is 4.74 Å². The van der Waals surface area contributed by atoms with Gasteiger partial charge in [-0.2, -0.15) is 0 Å². The van der Waals surface area contributed by atoms with Crippen LogP contribution in [0.2, 0.25) is 0 Å². The number of hydrogen-bond acceptors (Lipinski definition) is 6. The van der Waals surface area contributed by atoms with Gasteiger partial charge in [-0.1, -0.05) is 26.0 Å². The number of hydrogen-bond donors (Lipinski definition) is 1. The number of ether oxygens (including phenoxy) is 1. The predicted molar refractivity (Wildman–Crippen MR) is 136 cm³/mol. The summed E-state index contributed by atoms with van der Waals surface area (Å²) in [5.41, 5.74) is 7.49. The lowest BCUT2D eigenvalue weighted by Gasteiger charge is -2.32. The lowest BCUT2D eigenvalue weighted by molar-refractivity contribution is 0.148. The molecule has 0 amide bonds. The SMILES string of the molecule is COc1nnc(-c2ccncc2)cc1-c1[nH]c2cc(CN3CCN(C)CC3)ccc2c1C(C)C. The minimum atomic E-state index is 0.328. The molecule has 4 aromatic rings. The lowest BCUT2D eigenvalue weighted by Crippen LogP contribution is -2.43. The first-order valence-electron chi connectivity index (χ1n) is 11.9. The van der Waals surface area contributed by atoms with Gasteiger partial charge in [-0.05, 0) is 48.4 Å². The highest BCUT2D eigenvalue weighted by molar-refractivity contribution is 5.93. The van der Waals surface area contributed by atoms with Crippen molar-refractivity contribution in [2.24, 2.45) is 0 Å². The first kappa shape index (κ1) is 22.5. The van der Waals surface area contributed by atoms with Crippen molar-refractivity contribution in [3.8, 4) is 28.4 Å². The van der Waals surface area contributed by atoms with Crippen LogP contribution in [0.1, 0.15) is 30.9 Å². The third-order valence-electron chi connectivity index (χ3n) is 6.68. The van der Waals surface area contributed by atoms with E-state index in [1.165, 1.54) is 16.5 Å². The van der Waals surface area contributed by atoms with Crippen LogP contribution in [-0.2, 0) is 6.54 Å². The summed E-state index contributed by atoms with van der Waals surface area (Å²) >= 11 is 0. The normalized spacial score (nSPS) is 15.3. The van der Waals surface area contributed by atoms with Crippen LogP contribution in [0.5, 0.6) is 5.88 Å². The van der Waals surface area contributed by atoms with Gasteiger partial charge in [0.25, 0.3) is 0 Å². The van der Waals surface area contributed by atoms with Gasteiger partial charge in [0.15, 0.2) is 0 Å². The van der Waals surface area contributed by atoms with Crippen molar-refractivity contribution in [3.05, 3.63) is 59.9 Å². The van der Waals surface area contributed by atoms with Gasteiger partial charge in [-0.15, -0.1) is 10.2 Å². The van der Waals surface area contributed by atoms with E-state index in [-0.39, 0.29) is 0 Å². The van der Waals surface area contributed by atoms with Gasteiger partial charge in [-0.3, -0.25) is 9.88 Å². The van der Waals surface area contributed by atoms with E-state index < -0.39 is 0 Å². The summed E-state index contributed by atoms with van der Waals surface area (Å²) in [6.07, 6.45) is 3.54. The van der Waals surface area contributed by atoms with E-state index in [2.05, 4.69) is 75.1 Å². The number of methoxy groups -OCH3 is 1. The van der Waals surface area contributed by atoms with Crippen LogP contribution in [0.3, 0.4) is 0 Å². The third-order valence-corrected chi connectivity index (χ3v) is 6.68. The van der Waals surface area contributed by atoms with E-state index >= 15 is 0 Å². The van der Waals surface area contributed by atoms with Crippen molar-refractivity contribution in [1.29, 1.82) is 0 Å². The van der Waals surface area contributed by atoms with Crippen LogP contribution in [0.25, 0.3) is 33.4 Å². The molecule has 0 saturated carbocycles. The monoisotopic (exact) mass is 456 g/mol. The maximum Gasteiger partial charge on any atom is 0.242 e. The van der Waals surface area contributed by atoms with E-state index in [0.717, 1.165) is 60.8 Å². The average Bonchev–Trinajstić information content (AvgIpc) is 3.24. The van der Waals surface area contributed by atoms with Gasteiger partial charge >= 0.3 is 0 Å². The Balaban J connectivity index is 1.57. The zero-order chi connectivity index (χ0) is 23.7. The second kappa shape index (κ2) is 9.52. The Hall–Kier alpha value is -3.29. The highest BCUT2D eigenvalue weighted by atomic mass is 16.5. The number of likely N-dealkylation sites (N-methyl/N-ethyl adjacent to an activating group) is 1. The first-order chi connectivity index (χ1) is 16.5. The molecule has 0 atom stereocenters. The number of pyridine rings is 1. The molecule has 0 unspecified atom stereocenters. The molecule has 3 aromatic heterocycles. The summed E-state index contributed by atoms with van der Waals surface area (Å²) in [6.45, 7) is 9.91. The highest BCUT2D eigenvalue weighted by Gasteiger charge is 2.22. The number of aromatic amines is 1. The van der Waals surface area contributed by atoms with Gasteiger partial charge in [-0.25, -0.2) is 0 Å². The highest BCUT2D eigenvalue weighted by Crippen LogP contribution is 2.39. The molecule has 5 rings (SSSR count). The van der Waals surface area contributed by atoms with Crippen LogP contribution in [0.15, 0.2) is 48.8 Å². The standard InChI is InChI=1S/C27H32N6O/c1-18(2)25-21-6-5-19(17-33-13-11-32(3)12-14-33)15-24(21)29-26(25)22-16-23(30-31-27(22)34-4)20-7-9-28-10-8-20/h5-10,15-16,18,29H,11-14,17H2,1-4H3. The summed E-state index contributed by atoms with van der Waals surface area (Å²) in [7, 11) is 3.84. The molecule has 34 heavy (non-hydrogen) atoms. The van der Waals surface area contributed by atoms with Crippen molar-refractivity contribution < 1.29 is 4.74 Å². The van der Waals surface area contributed by atoms with Crippen LogP contribution in [0, 0.1) is 0 Å². The molecular formula is C27H32N6O. The van der Waals surface area contributed by atoms with Crippen molar-refractivity contribution in [2.45, 2.75) is 26.3 Å². The summed E-state index contributed by atoms with van der Waals surface area (Å²) in [5, 5.41) is 10.0. The maximum atomic E-state index is 5.64. The second-order valence-electron chi connectivity index (χ2n) is 9.42. The van der Waals surface area contributed by atoms with E-state index in [9.17, 15) is 0 Å². The minimum absolute atomic E-state index is 0.328. The molecule has 1 saturated heterocycles. The zero-order valence-corrected chi connectivity index (χ0v) is 20.4. The third kappa shape index (κ3) is 4.41. The molecule has 7 nitrogen and oxygen atoms in total. The Morgan fingerprint density at radius 2 is 1.76 bits per heavy atom. The molecule has 0 bridgehead atoms. The molecule has 1 aliphatic heterocycles. The molecule has 176 valence electrons. The first-order valence-corrected chi connectivity index (χ1v) is 11.9. The van der Waals surface area contributed by atoms with Crippen LogP contribution >= 0.6 is 0 Å². The lowest BCUT2D eigenvalue weighted by atomic mass is 9.95. The topological polar surface area (TPSA) is 70.2 Å². The summed E-state index contributed by atoms with van der Waals surface area (Å²) in [5.74, 6) is 0.846. The molecule has 0 spiro atoms. The molecule has 1 aliphatic rings. The number of benzene rings is 1. The van der Waals surface area contributed by atoms with Crippen LogP contribution in [-0.4, -0.2) is 70.3 Å². The number of fused-ring (bicyclic) bond motifs is 1. The van der Waals surface area contributed by atoms with Gasteiger partial charge in [0.2, 0.25) is 5.88 Å². The Kier molecular flexibility index (Phi) is 6.30. The largest absolute Gasteiger partial charge is 0.479 e. The Bertz CT molecular complexity index is 1280. The van der Waals surface area contributed by atoms with Crippen molar-refractivity contribution in [3.63, 3.8) is 0 Å². The molecule has 1 N–H and O–H groups in total. The van der Waals surface area contributed by atoms with E-state index in [1.807, 2.05) is 12.1 Å². The Morgan fingerprint density at radius 3 is 2.47 bits per heavy atom. The smallest absolute Gasteiger partial charge is 0.242 e. The number of aromatic nitrogens is 4. The second-order valence-corrected chi connectivity index (χ2v) is 9.42. The fourth-order valence-electron chi connectivity index (χ4n) is 4.82. The van der Waals surface area contributed by atoms with E-state index in [0.29, 0.717) is 11.8 Å². The number of rotatable bonds is 6. The number of piperazine rings is 1. The Morgan fingerprint density at radius 1 is 1.00 bits per heavy atom. The fraction of sp³-hybridized carbons (Fsp3) is 0.370. The zero-order valence-electron chi connectivity index (χ0n) is 20.4. The number of nitrogens with one attached hydrogen (secondary N) is 1. The molecule has 0 aliphatic carbocycles. The molecular weight excluding hydrogens is 424 g/mol. The summed E-state index contributed by atoms with van der Waals surface area (Å²) in [6, 6.07) is 12.8. The number of nitrogens with zero attached hydrogens (tertiary/aromatic N) is 5. The Labute approximate surface area is 200 Å². The summed E-state index contributed by atoms with van der Waals surface area (Å²) in [4.78, 5) is 12.8. The van der Waals surface area contributed by atoms with Crippen LogP contribution in [0.4, 0.5) is 0 Å². The van der Waals surface area contributed by atoms with Crippen molar-refractivity contribution in [2.75, 3.05) is 40.3 Å². The van der Waals surface area contributed by atoms with E-state index in [1.54, 1.807) is 19.5 Å². The molecule has 1 aromatic carbocycles. The van der Waals surface area contributed by atoms with Gasteiger partial charge in [0, 0.05) is 61.6 Å². The predicted octanol–water partition coefficient (Wildman–Crippen LogP) is 4.57. The number of H-pyrrole nitrogens is 1. The molecule has 4 heterocycles. The average molecular weight is 457 g/mol. The molecule has 0 radical (unpaired) electrons. The minimum Gasteiger partial charge on any atom is -0.479 e.